The fourth-order valence-corrected chi connectivity index (χ4v) is 1.12. The number of rotatable bonds is 5. The first-order valence-electron chi connectivity index (χ1n) is 6.27. The molecule has 0 heterocycles. The third kappa shape index (κ3) is 4.40. The first-order chi connectivity index (χ1) is 7.85. The van der Waals surface area contributed by atoms with E-state index in [1.54, 1.807) is 30.9 Å². The topological polar surface area (TPSA) is 6.48 Å². The molecule has 0 aromatic heterocycles. The monoisotopic (exact) mass is 195 g/mol. The molecule has 1 aromatic rings. The summed E-state index contributed by atoms with van der Waals surface area (Å²) in [5.41, 5.74) is 1.05. The molecule has 0 aliphatic heterocycles. The number of benzene rings is 1. The van der Waals surface area contributed by atoms with Crippen molar-refractivity contribution in [1.82, 2.24) is 9.80 Å². The van der Waals surface area contributed by atoms with Gasteiger partial charge in [-0.25, -0.2) is 0 Å². The van der Waals surface area contributed by atoms with Crippen LogP contribution in [0.4, 0.5) is 0 Å². The van der Waals surface area contributed by atoms with Crippen LogP contribution in [0.2, 0.25) is 0 Å². The maximum Gasteiger partial charge on any atom is 0.0444 e. The Hall–Kier alpha value is -0.860. The van der Waals surface area contributed by atoms with Crippen LogP contribution in [0, 0.1) is 0 Å². The molecule has 1 atom stereocenters. The Bertz CT molecular complexity index is 341. The summed E-state index contributed by atoms with van der Waals surface area (Å²) in [6.45, 7) is -2.09. The van der Waals surface area contributed by atoms with Gasteiger partial charge in [0.15, 0.2) is 0 Å². The van der Waals surface area contributed by atoms with Crippen LogP contribution in [0.1, 0.15) is 9.68 Å². The van der Waals surface area contributed by atoms with Gasteiger partial charge in [0.1, 0.15) is 0 Å². The zero-order valence-corrected chi connectivity index (χ0v) is 9.07. The lowest BCUT2D eigenvalue weighted by Gasteiger charge is -2.19. The summed E-state index contributed by atoms with van der Waals surface area (Å²) in [6.07, 6.45) is 0. The Morgan fingerprint density at radius 3 is 2.36 bits per heavy atom. The molecule has 0 N–H and O–H groups in total. The molecule has 0 fully saturated rings. The molecule has 0 radical (unpaired) electrons. The van der Waals surface area contributed by atoms with Crippen molar-refractivity contribution in [2.45, 2.75) is 6.54 Å². The van der Waals surface area contributed by atoms with Crippen LogP contribution < -0.4 is 0 Å². The van der Waals surface area contributed by atoms with E-state index in [-0.39, 0.29) is 0 Å². The minimum atomic E-state index is -1.68. The highest BCUT2D eigenvalue weighted by molar-refractivity contribution is 5.14. The van der Waals surface area contributed by atoms with Gasteiger partial charge in [0.2, 0.25) is 0 Å². The zero-order valence-electron chi connectivity index (χ0n) is 12.1. The Kier molecular flexibility index (Phi) is 3.07. The molecule has 2 nitrogen and oxygen atoms in total. The summed E-state index contributed by atoms with van der Waals surface area (Å²) in [5.74, 6) is 0. The quantitative estimate of drug-likeness (QED) is 0.705. The number of hydrogen-bond donors (Lipinski definition) is 0. The molecule has 0 aliphatic rings. The summed E-state index contributed by atoms with van der Waals surface area (Å²) in [7, 11) is 5.13. The number of nitrogens with zero attached hydrogens (tertiary/aromatic N) is 2. The Morgan fingerprint density at radius 2 is 1.79 bits per heavy atom. The van der Waals surface area contributed by atoms with Crippen LogP contribution in [0.15, 0.2) is 30.3 Å². The van der Waals surface area contributed by atoms with E-state index < -0.39 is 13.0 Å². The first-order valence-corrected chi connectivity index (χ1v) is 4.69. The number of likely N-dealkylation sites (N-methyl/N-ethyl adjacent to an activating group) is 2. The van der Waals surface area contributed by atoms with Crippen molar-refractivity contribution in [2.24, 2.45) is 0 Å². The molecule has 1 unspecified atom stereocenters. The Morgan fingerprint density at radius 1 is 1.14 bits per heavy atom. The fraction of sp³-hybridized carbons (Fsp3) is 0.500. The molecule has 14 heavy (non-hydrogen) atoms. The smallest absolute Gasteiger partial charge is 0.0444 e. The largest absolute Gasteiger partial charge is 0.308 e. The second kappa shape index (κ2) is 5.78. The third-order valence-corrected chi connectivity index (χ3v) is 1.80. The Labute approximate surface area is 91.4 Å². The van der Waals surface area contributed by atoms with E-state index in [0.717, 1.165) is 5.56 Å². The van der Waals surface area contributed by atoms with Crippen LogP contribution in [-0.4, -0.2) is 44.0 Å². The van der Waals surface area contributed by atoms with Gasteiger partial charge in [-0.2, -0.15) is 0 Å². The molecular formula is C12H20N2. The van der Waals surface area contributed by atoms with Crippen molar-refractivity contribution in [2.75, 3.05) is 34.2 Å². The molecule has 2 heteroatoms. The maximum atomic E-state index is 7.98. The lowest BCUT2D eigenvalue weighted by Crippen LogP contribution is -2.28. The van der Waals surface area contributed by atoms with Gasteiger partial charge in [0.05, 0.1) is 0 Å². The van der Waals surface area contributed by atoms with Crippen LogP contribution >= 0.6 is 0 Å². The summed E-state index contributed by atoms with van der Waals surface area (Å²) in [4.78, 5) is 3.14. The van der Waals surface area contributed by atoms with E-state index in [1.807, 2.05) is 30.3 Å². The highest BCUT2D eigenvalue weighted by Gasteiger charge is 1.99. The Balaban J connectivity index is 2.72. The molecule has 0 saturated carbocycles. The maximum absolute atomic E-state index is 7.98. The average molecular weight is 195 g/mol. The molecule has 1 rings (SSSR count). The van der Waals surface area contributed by atoms with Crippen molar-refractivity contribution < 1.29 is 4.11 Å². The highest BCUT2D eigenvalue weighted by Crippen LogP contribution is 2.01. The van der Waals surface area contributed by atoms with Gasteiger partial charge in [0.25, 0.3) is 0 Å². The van der Waals surface area contributed by atoms with Crippen molar-refractivity contribution in [3.05, 3.63) is 35.9 Å². The van der Waals surface area contributed by atoms with E-state index >= 15 is 0 Å². The van der Waals surface area contributed by atoms with Crippen LogP contribution in [-0.2, 0) is 6.54 Å². The summed E-state index contributed by atoms with van der Waals surface area (Å²) in [6, 6.07) is 9.72. The van der Waals surface area contributed by atoms with E-state index in [0.29, 0.717) is 6.54 Å². The van der Waals surface area contributed by atoms with E-state index in [2.05, 4.69) is 0 Å². The van der Waals surface area contributed by atoms with Gasteiger partial charge >= 0.3 is 0 Å². The molecular weight excluding hydrogens is 172 g/mol. The zero-order chi connectivity index (χ0) is 13.1. The highest BCUT2D eigenvalue weighted by atomic mass is 15.1. The minimum absolute atomic E-state index is 0.497. The van der Waals surface area contributed by atoms with Gasteiger partial charge in [-0.1, -0.05) is 30.3 Å². The van der Waals surface area contributed by atoms with Gasteiger partial charge in [-0.05, 0) is 26.7 Å². The number of hydrogen-bond acceptors (Lipinski definition) is 2. The normalized spacial score (nSPS) is 17.6. The van der Waals surface area contributed by atoms with E-state index in [4.69, 9.17) is 4.11 Å². The molecule has 0 amide bonds. The molecule has 0 spiro atoms. The summed E-state index contributed by atoms with van der Waals surface area (Å²) in [5, 5.41) is 0. The second-order valence-corrected chi connectivity index (χ2v) is 3.56. The molecule has 0 aliphatic carbocycles. The summed E-state index contributed by atoms with van der Waals surface area (Å²) < 4.78 is 23.8. The standard InChI is InChI=1S/C12H20N2/c1-13(2)9-10-14(3)11-12-7-5-4-6-8-12/h4-8H,9-11H2,1-3H3/i9D,10D2. The van der Waals surface area contributed by atoms with Crippen molar-refractivity contribution in [3.8, 4) is 0 Å². The van der Waals surface area contributed by atoms with Gasteiger partial charge < -0.3 is 9.80 Å². The molecule has 0 saturated heterocycles. The van der Waals surface area contributed by atoms with Gasteiger partial charge in [0, 0.05) is 23.7 Å². The van der Waals surface area contributed by atoms with Gasteiger partial charge in [-0.3, -0.25) is 0 Å². The summed E-state index contributed by atoms with van der Waals surface area (Å²) >= 11 is 0. The molecule has 0 bridgehead atoms. The SMILES string of the molecule is [2H]C(N(C)C)C([2H])([2H])N(C)Cc1ccccc1. The van der Waals surface area contributed by atoms with Crippen molar-refractivity contribution in [3.63, 3.8) is 0 Å². The minimum Gasteiger partial charge on any atom is -0.308 e. The van der Waals surface area contributed by atoms with Crippen LogP contribution in [0.25, 0.3) is 0 Å². The predicted octanol–water partition coefficient (Wildman–Crippen LogP) is 1.68. The predicted molar refractivity (Wildman–Crippen MR) is 61.3 cm³/mol. The lowest BCUT2D eigenvalue weighted by atomic mass is 10.2. The van der Waals surface area contributed by atoms with Gasteiger partial charge in [-0.15, -0.1) is 0 Å². The average Bonchev–Trinajstić information content (AvgIpc) is 2.29. The molecule has 1 aromatic carbocycles. The first kappa shape index (κ1) is 7.43. The lowest BCUT2D eigenvalue weighted by molar-refractivity contribution is 0.276. The van der Waals surface area contributed by atoms with Crippen LogP contribution in [0.5, 0.6) is 0 Å². The van der Waals surface area contributed by atoms with E-state index in [1.165, 1.54) is 0 Å². The van der Waals surface area contributed by atoms with Crippen molar-refractivity contribution >= 4 is 0 Å². The fourth-order valence-electron chi connectivity index (χ4n) is 1.12. The van der Waals surface area contributed by atoms with Crippen molar-refractivity contribution in [1.29, 1.82) is 0 Å². The van der Waals surface area contributed by atoms with E-state index in [9.17, 15) is 0 Å². The molecule has 78 valence electrons. The third-order valence-electron chi connectivity index (χ3n) is 1.80. The van der Waals surface area contributed by atoms with Crippen LogP contribution in [0.3, 0.4) is 0 Å². The second-order valence-electron chi connectivity index (χ2n) is 3.56.